The van der Waals surface area contributed by atoms with Crippen molar-refractivity contribution in [2.24, 2.45) is 11.8 Å². The summed E-state index contributed by atoms with van der Waals surface area (Å²) in [6.45, 7) is 0.428. The van der Waals surface area contributed by atoms with Crippen LogP contribution in [0.1, 0.15) is 11.1 Å². The van der Waals surface area contributed by atoms with Crippen molar-refractivity contribution in [1.29, 1.82) is 0 Å². The molecule has 0 aromatic heterocycles. The number of nitrogens with zero attached hydrogens (tertiary/aromatic N) is 1. The first-order valence-electron chi connectivity index (χ1n) is 9.56. The van der Waals surface area contributed by atoms with Crippen LogP contribution in [-0.4, -0.2) is 34.5 Å². The Morgan fingerprint density at radius 2 is 1.68 bits per heavy atom. The van der Waals surface area contributed by atoms with Gasteiger partial charge in [-0.15, -0.1) is 0 Å². The predicted octanol–water partition coefficient (Wildman–Crippen LogP) is 1.33. The molecule has 3 heterocycles. The molecule has 2 saturated heterocycles. The Morgan fingerprint density at radius 1 is 1.04 bits per heavy atom. The Balaban J connectivity index is 1.56. The number of fused-ring (bicyclic) bond motifs is 1. The molecule has 0 unspecified atom stereocenters. The van der Waals surface area contributed by atoms with E-state index in [-0.39, 0.29) is 11.9 Å². The van der Waals surface area contributed by atoms with E-state index in [1.165, 1.54) is 0 Å². The van der Waals surface area contributed by atoms with Gasteiger partial charge in [0.05, 0.1) is 18.1 Å². The molecule has 1 amide bonds. The average Bonchev–Trinajstić information content (AvgIpc) is 3.34. The number of benzene rings is 2. The number of hydrogen-bond acceptors (Lipinski definition) is 4. The standard InChI is InChI=1S/C23H21NO4/c25-21-20-19(22(26)27)17-11-12-23(20,28-17)18(13-15-7-3-1-4-8-15)24(21)14-16-9-5-2-6-10-16/h1-12,17-20H,13-14H2,(H,26,27)/p-1/t17-,18-,19-,20+,23+/m0/s1. The number of carbonyl (C=O) groups excluding carboxylic acids is 2. The average molecular weight is 374 g/mol. The van der Waals surface area contributed by atoms with Gasteiger partial charge in [0.2, 0.25) is 5.91 Å². The van der Waals surface area contributed by atoms with Crippen LogP contribution in [0, 0.1) is 11.8 Å². The van der Waals surface area contributed by atoms with Gasteiger partial charge in [0.25, 0.3) is 0 Å². The summed E-state index contributed by atoms with van der Waals surface area (Å²) in [6.07, 6.45) is 3.72. The van der Waals surface area contributed by atoms with Crippen LogP contribution in [-0.2, 0) is 27.3 Å². The summed E-state index contributed by atoms with van der Waals surface area (Å²) in [7, 11) is 0. The lowest BCUT2D eigenvalue weighted by molar-refractivity contribution is -0.313. The number of carboxylic acid groups (broad SMARTS) is 1. The lowest BCUT2D eigenvalue weighted by atomic mass is 9.74. The van der Waals surface area contributed by atoms with Crippen LogP contribution < -0.4 is 5.11 Å². The summed E-state index contributed by atoms with van der Waals surface area (Å²) in [5, 5.41) is 11.8. The molecule has 0 radical (unpaired) electrons. The van der Waals surface area contributed by atoms with E-state index in [0.29, 0.717) is 13.0 Å². The summed E-state index contributed by atoms with van der Waals surface area (Å²) in [4.78, 5) is 27.0. The van der Waals surface area contributed by atoms with E-state index in [2.05, 4.69) is 0 Å². The molecular formula is C23H20NO4-. The summed E-state index contributed by atoms with van der Waals surface area (Å²) >= 11 is 0. The van der Waals surface area contributed by atoms with E-state index in [4.69, 9.17) is 4.74 Å². The highest BCUT2D eigenvalue weighted by Crippen LogP contribution is 2.55. The van der Waals surface area contributed by atoms with Crippen molar-refractivity contribution in [3.05, 3.63) is 83.9 Å². The second-order valence-electron chi connectivity index (χ2n) is 7.77. The van der Waals surface area contributed by atoms with Crippen LogP contribution in [0.2, 0.25) is 0 Å². The van der Waals surface area contributed by atoms with Crippen LogP contribution in [0.25, 0.3) is 0 Å². The molecule has 5 rings (SSSR count). The zero-order chi connectivity index (χ0) is 19.3. The largest absolute Gasteiger partial charge is 0.550 e. The van der Waals surface area contributed by atoms with Crippen LogP contribution in [0.5, 0.6) is 0 Å². The number of carboxylic acids is 1. The minimum Gasteiger partial charge on any atom is -0.550 e. The highest BCUT2D eigenvalue weighted by molar-refractivity contribution is 5.91. The third-order valence-electron chi connectivity index (χ3n) is 6.27. The molecule has 2 fully saturated rings. The number of amides is 1. The molecule has 3 aliphatic heterocycles. The highest BCUT2D eigenvalue weighted by atomic mass is 16.5. The number of hydrogen-bond donors (Lipinski definition) is 0. The lowest BCUT2D eigenvalue weighted by Gasteiger charge is -2.33. The second kappa shape index (κ2) is 6.31. The number of likely N-dealkylation sites (tertiary alicyclic amines) is 1. The Bertz CT molecular complexity index is 942. The third kappa shape index (κ3) is 2.43. The van der Waals surface area contributed by atoms with Gasteiger partial charge in [-0.3, -0.25) is 4.79 Å². The van der Waals surface area contributed by atoms with E-state index in [9.17, 15) is 14.7 Å². The van der Waals surface area contributed by atoms with Crippen molar-refractivity contribution in [3.8, 4) is 0 Å². The monoisotopic (exact) mass is 374 g/mol. The van der Waals surface area contributed by atoms with E-state index in [1.807, 2.05) is 66.7 Å². The highest BCUT2D eigenvalue weighted by Gasteiger charge is 2.69. The molecule has 5 atom stereocenters. The summed E-state index contributed by atoms with van der Waals surface area (Å²) < 4.78 is 6.19. The van der Waals surface area contributed by atoms with Crippen molar-refractivity contribution in [2.45, 2.75) is 30.7 Å². The van der Waals surface area contributed by atoms with Crippen LogP contribution in [0.4, 0.5) is 0 Å². The van der Waals surface area contributed by atoms with Gasteiger partial charge >= 0.3 is 0 Å². The first-order valence-corrected chi connectivity index (χ1v) is 9.56. The molecule has 0 saturated carbocycles. The smallest absolute Gasteiger partial charge is 0.230 e. The van der Waals surface area contributed by atoms with Gasteiger partial charge in [-0.1, -0.05) is 72.8 Å². The first-order chi connectivity index (χ1) is 13.6. The molecule has 2 aromatic carbocycles. The van der Waals surface area contributed by atoms with Gasteiger partial charge in [-0.05, 0) is 17.5 Å². The number of carbonyl (C=O) groups is 2. The van der Waals surface area contributed by atoms with Gasteiger partial charge in [0.1, 0.15) is 5.60 Å². The maximum atomic E-state index is 13.4. The predicted molar refractivity (Wildman–Crippen MR) is 99.7 cm³/mol. The molecule has 0 aliphatic carbocycles. The van der Waals surface area contributed by atoms with Crippen LogP contribution in [0.15, 0.2) is 72.8 Å². The molecule has 3 aliphatic rings. The topological polar surface area (TPSA) is 69.7 Å². The fraction of sp³-hybridized carbons (Fsp3) is 0.304. The zero-order valence-electron chi connectivity index (χ0n) is 15.2. The maximum Gasteiger partial charge on any atom is 0.230 e. The van der Waals surface area contributed by atoms with E-state index < -0.39 is 29.5 Å². The SMILES string of the molecule is O=C([O-])[C@H]1[C@@H]2C=C[C@@]3(O2)[C@H](Cc2ccccc2)N(Cc2ccccc2)C(=O)[C@@H]13. The molecule has 5 nitrogen and oxygen atoms in total. The van der Waals surface area contributed by atoms with Crippen molar-refractivity contribution >= 4 is 11.9 Å². The number of ether oxygens (including phenoxy) is 1. The lowest BCUT2D eigenvalue weighted by Crippen LogP contribution is -2.47. The molecule has 5 heteroatoms. The molecular weight excluding hydrogens is 354 g/mol. The molecule has 2 aromatic rings. The Hall–Kier alpha value is -2.92. The normalized spacial score (nSPS) is 32.7. The maximum absolute atomic E-state index is 13.4. The van der Waals surface area contributed by atoms with Crippen molar-refractivity contribution in [3.63, 3.8) is 0 Å². The van der Waals surface area contributed by atoms with E-state index in [0.717, 1.165) is 11.1 Å². The fourth-order valence-corrected chi connectivity index (χ4v) is 5.06. The minimum atomic E-state index is -1.21. The first kappa shape index (κ1) is 17.2. The van der Waals surface area contributed by atoms with Gasteiger partial charge in [0.15, 0.2) is 0 Å². The Labute approximate surface area is 163 Å². The van der Waals surface area contributed by atoms with Crippen molar-refractivity contribution in [1.82, 2.24) is 4.90 Å². The van der Waals surface area contributed by atoms with Crippen LogP contribution >= 0.6 is 0 Å². The quantitative estimate of drug-likeness (QED) is 0.741. The van der Waals surface area contributed by atoms with Crippen molar-refractivity contribution < 1.29 is 19.4 Å². The second-order valence-corrected chi connectivity index (χ2v) is 7.77. The van der Waals surface area contributed by atoms with Crippen molar-refractivity contribution in [2.75, 3.05) is 0 Å². The molecule has 2 bridgehead atoms. The summed E-state index contributed by atoms with van der Waals surface area (Å²) in [5.74, 6) is -3.04. The Kier molecular flexibility index (Phi) is 3.88. The van der Waals surface area contributed by atoms with Gasteiger partial charge < -0.3 is 19.5 Å². The fourth-order valence-electron chi connectivity index (χ4n) is 5.06. The van der Waals surface area contributed by atoms with Gasteiger partial charge in [-0.25, -0.2) is 0 Å². The Morgan fingerprint density at radius 3 is 2.32 bits per heavy atom. The third-order valence-corrected chi connectivity index (χ3v) is 6.27. The molecule has 0 N–H and O–H groups in total. The van der Waals surface area contributed by atoms with Crippen LogP contribution in [0.3, 0.4) is 0 Å². The summed E-state index contributed by atoms with van der Waals surface area (Å²) in [5.41, 5.74) is 1.19. The number of rotatable bonds is 5. The number of aliphatic carboxylic acids is 1. The summed E-state index contributed by atoms with van der Waals surface area (Å²) in [6, 6.07) is 19.4. The molecule has 1 spiro atoms. The van der Waals surface area contributed by atoms with Gasteiger partial charge in [-0.2, -0.15) is 0 Å². The molecule has 28 heavy (non-hydrogen) atoms. The molecule has 142 valence electrons. The van der Waals surface area contributed by atoms with E-state index in [1.54, 1.807) is 11.0 Å². The van der Waals surface area contributed by atoms with E-state index >= 15 is 0 Å². The minimum absolute atomic E-state index is 0.161. The van der Waals surface area contributed by atoms with Gasteiger partial charge in [0, 0.05) is 18.4 Å². The zero-order valence-corrected chi connectivity index (χ0v) is 15.2.